The summed E-state index contributed by atoms with van der Waals surface area (Å²) in [5.74, 6) is -0.238. The maximum Gasteiger partial charge on any atom is 0.259 e. The number of carbonyl (C=O) groups is 1. The number of rotatable bonds is 4. The predicted octanol–water partition coefficient (Wildman–Crippen LogP) is 5.11. The Hall–Kier alpha value is -1.76. The molecule has 0 aliphatic carbocycles. The normalized spacial score (nSPS) is 10.6. The number of amides is 1. The van der Waals surface area contributed by atoms with Gasteiger partial charge in [-0.1, -0.05) is 29.8 Å². The summed E-state index contributed by atoms with van der Waals surface area (Å²) in [6.45, 7) is 1.98. The van der Waals surface area contributed by atoms with E-state index in [0.29, 0.717) is 17.1 Å². The lowest BCUT2D eigenvalue weighted by Crippen LogP contribution is -2.11. The summed E-state index contributed by atoms with van der Waals surface area (Å²) in [5.41, 5.74) is 2.58. The predicted molar refractivity (Wildman–Crippen MR) is 101 cm³/mol. The molecular formula is C17H13BrClN3OS. The van der Waals surface area contributed by atoms with Crippen LogP contribution in [0.4, 0.5) is 5.13 Å². The lowest BCUT2D eigenvalue weighted by molar-refractivity contribution is 0.102. The summed E-state index contributed by atoms with van der Waals surface area (Å²) >= 11 is 11.1. The van der Waals surface area contributed by atoms with Crippen molar-refractivity contribution in [2.24, 2.45) is 0 Å². The number of hydrogen-bond acceptors (Lipinski definition) is 4. The van der Waals surface area contributed by atoms with E-state index in [1.807, 2.05) is 25.1 Å². The van der Waals surface area contributed by atoms with Crippen molar-refractivity contribution >= 4 is 49.9 Å². The fourth-order valence-electron chi connectivity index (χ4n) is 2.18. The zero-order valence-corrected chi connectivity index (χ0v) is 15.9. The van der Waals surface area contributed by atoms with Gasteiger partial charge in [-0.05, 0) is 40.0 Å². The molecule has 0 saturated carbocycles. The number of nitrogens with zero attached hydrogens (tertiary/aromatic N) is 2. The third-order valence-electron chi connectivity index (χ3n) is 3.38. The second-order valence-corrected chi connectivity index (χ2v) is 7.61. The van der Waals surface area contributed by atoms with E-state index >= 15 is 0 Å². The van der Waals surface area contributed by atoms with Crippen molar-refractivity contribution in [3.05, 3.63) is 73.9 Å². The average molecular weight is 423 g/mol. The summed E-state index contributed by atoms with van der Waals surface area (Å²) in [4.78, 5) is 21.5. The highest BCUT2D eigenvalue weighted by atomic mass is 79.9. The molecule has 0 spiro atoms. The van der Waals surface area contributed by atoms with Crippen LogP contribution in [0.5, 0.6) is 0 Å². The molecule has 122 valence electrons. The molecule has 1 N–H and O–H groups in total. The van der Waals surface area contributed by atoms with Gasteiger partial charge in [-0.3, -0.25) is 15.1 Å². The molecule has 0 saturated heterocycles. The first-order valence-corrected chi connectivity index (χ1v) is 9.12. The van der Waals surface area contributed by atoms with E-state index in [1.54, 1.807) is 18.5 Å². The van der Waals surface area contributed by atoms with Crippen LogP contribution in [0.25, 0.3) is 0 Å². The lowest BCUT2D eigenvalue weighted by Gasteiger charge is -2.04. The largest absolute Gasteiger partial charge is 0.298 e. The van der Waals surface area contributed by atoms with E-state index in [0.717, 1.165) is 25.5 Å². The molecule has 1 aromatic carbocycles. The van der Waals surface area contributed by atoms with E-state index in [9.17, 15) is 4.79 Å². The maximum atomic E-state index is 12.2. The van der Waals surface area contributed by atoms with Gasteiger partial charge in [-0.15, -0.1) is 11.3 Å². The van der Waals surface area contributed by atoms with Crippen molar-refractivity contribution < 1.29 is 4.79 Å². The quantitative estimate of drug-likeness (QED) is 0.636. The Morgan fingerprint density at radius 3 is 2.96 bits per heavy atom. The number of benzene rings is 1. The van der Waals surface area contributed by atoms with Gasteiger partial charge in [0.05, 0.1) is 5.56 Å². The molecule has 0 atom stereocenters. The highest BCUT2D eigenvalue weighted by molar-refractivity contribution is 9.10. The number of anilines is 1. The summed E-state index contributed by atoms with van der Waals surface area (Å²) in [5, 5.41) is 4.12. The summed E-state index contributed by atoms with van der Waals surface area (Å²) in [7, 11) is 0. The monoisotopic (exact) mass is 421 g/mol. The Labute approximate surface area is 157 Å². The van der Waals surface area contributed by atoms with Crippen LogP contribution in [0, 0.1) is 6.92 Å². The van der Waals surface area contributed by atoms with Gasteiger partial charge in [0.25, 0.3) is 5.91 Å². The van der Waals surface area contributed by atoms with E-state index in [2.05, 4.69) is 31.2 Å². The zero-order chi connectivity index (χ0) is 17.1. The number of carbonyl (C=O) groups excluding carboxylic acids is 1. The van der Waals surface area contributed by atoms with Crippen LogP contribution in [0.2, 0.25) is 5.02 Å². The first kappa shape index (κ1) is 17.1. The molecule has 0 bridgehead atoms. The highest BCUT2D eigenvalue weighted by Crippen LogP contribution is 2.27. The average Bonchev–Trinajstić information content (AvgIpc) is 2.99. The summed E-state index contributed by atoms with van der Waals surface area (Å²) in [6, 6.07) is 7.68. The van der Waals surface area contributed by atoms with Gasteiger partial charge in [-0.25, -0.2) is 4.98 Å². The number of nitrogens with one attached hydrogen (secondary N) is 1. The fourth-order valence-corrected chi connectivity index (χ4v) is 3.57. The van der Waals surface area contributed by atoms with Crippen LogP contribution >= 0.6 is 38.9 Å². The van der Waals surface area contributed by atoms with E-state index in [1.165, 1.54) is 17.5 Å². The molecule has 2 aromatic heterocycles. The molecule has 0 aliphatic heterocycles. The van der Waals surface area contributed by atoms with Crippen LogP contribution in [0.1, 0.15) is 26.4 Å². The fraction of sp³-hybridized carbons (Fsp3) is 0.118. The van der Waals surface area contributed by atoms with Gasteiger partial charge in [0.15, 0.2) is 5.13 Å². The lowest BCUT2D eigenvalue weighted by atomic mass is 10.1. The molecule has 7 heteroatoms. The van der Waals surface area contributed by atoms with Gasteiger partial charge in [0.1, 0.15) is 0 Å². The SMILES string of the molecule is Cc1cccc(Cc2cnc(NC(=O)c3cncc(Br)c3)s2)c1Cl. The molecule has 3 aromatic rings. The van der Waals surface area contributed by atoms with E-state index < -0.39 is 0 Å². The Balaban J connectivity index is 1.72. The third-order valence-corrected chi connectivity index (χ3v) is 5.26. The minimum atomic E-state index is -0.238. The van der Waals surface area contributed by atoms with Crippen molar-refractivity contribution in [2.45, 2.75) is 13.3 Å². The zero-order valence-electron chi connectivity index (χ0n) is 12.7. The Kier molecular flexibility index (Phi) is 5.28. The first-order chi connectivity index (χ1) is 11.5. The molecule has 3 rings (SSSR count). The highest BCUT2D eigenvalue weighted by Gasteiger charge is 2.11. The Morgan fingerprint density at radius 1 is 1.33 bits per heavy atom. The molecule has 0 aliphatic rings. The number of aryl methyl sites for hydroxylation is 1. The van der Waals surface area contributed by atoms with Crippen molar-refractivity contribution in [2.75, 3.05) is 5.32 Å². The molecule has 2 heterocycles. The number of aromatic nitrogens is 2. The Morgan fingerprint density at radius 2 is 2.17 bits per heavy atom. The molecular weight excluding hydrogens is 410 g/mol. The topological polar surface area (TPSA) is 54.9 Å². The van der Waals surface area contributed by atoms with Crippen LogP contribution < -0.4 is 5.32 Å². The minimum Gasteiger partial charge on any atom is -0.298 e. The van der Waals surface area contributed by atoms with Gasteiger partial charge in [0.2, 0.25) is 0 Å². The van der Waals surface area contributed by atoms with Crippen molar-refractivity contribution in [1.82, 2.24) is 9.97 Å². The standard InChI is InChI=1S/C17H13BrClN3OS/c1-10-3-2-4-11(15(10)19)6-14-9-21-17(24-14)22-16(23)12-5-13(18)8-20-7-12/h2-5,7-9H,6H2,1H3,(H,21,22,23). The van der Waals surface area contributed by atoms with Gasteiger partial charge >= 0.3 is 0 Å². The third kappa shape index (κ3) is 4.01. The number of halogens is 2. The van der Waals surface area contributed by atoms with E-state index in [4.69, 9.17) is 11.6 Å². The van der Waals surface area contributed by atoms with Crippen LogP contribution in [-0.4, -0.2) is 15.9 Å². The molecule has 1 amide bonds. The van der Waals surface area contributed by atoms with Crippen molar-refractivity contribution in [3.8, 4) is 0 Å². The molecule has 0 fully saturated rings. The van der Waals surface area contributed by atoms with Crippen LogP contribution in [-0.2, 0) is 6.42 Å². The number of pyridine rings is 1. The van der Waals surface area contributed by atoms with Crippen LogP contribution in [0.3, 0.4) is 0 Å². The Bertz CT molecular complexity index is 897. The second kappa shape index (κ2) is 7.42. The van der Waals surface area contributed by atoms with Gasteiger partial charge in [-0.2, -0.15) is 0 Å². The second-order valence-electron chi connectivity index (χ2n) is 5.20. The summed E-state index contributed by atoms with van der Waals surface area (Å²) < 4.78 is 0.754. The smallest absolute Gasteiger partial charge is 0.259 e. The van der Waals surface area contributed by atoms with Crippen molar-refractivity contribution in [3.63, 3.8) is 0 Å². The maximum absolute atomic E-state index is 12.2. The molecule has 24 heavy (non-hydrogen) atoms. The van der Waals surface area contributed by atoms with Gasteiger partial charge in [0, 0.05) is 39.4 Å². The van der Waals surface area contributed by atoms with E-state index in [-0.39, 0.29) is 5.91 Å². The van der Waals surface area contributed by atoms with Crippen molar-refractivity contribution in [1.29, 1.82) is 0 Å². The molecule has 0 radical (unpaired) electrons. The first-order valence-electron chi connectivity index (χ1n) is 7.13. The van der Waals surface area contributed by atoms with Crippen LogP contribution in [0.15, 0.2) is 47.3 Å². The molecule has 4 nitrogen and oxygen atoms in total. The summed E-state index contributed by atoms with van der Waals surface area (Å²) in [6.07, 6.45) is 5.59. The minimum absolute atomic E-state index is 0.238. The number of hydrogen-bond donors (Lipinski definition) is 1. The molecule has 0 unspecified atom stereocenters. The number of thiazole rings is 1. The van der Waals surface area contributed by atoms with Gasteiger partial charge < -0.3 is 0 Å².